The molecule has 1 saturated heterocycles. The maximum atomic E-state index is 12.4. The van der Waals surface area contributed by atoms with Crippen LogP contribution in [0.5, 0.6) is 0 Å². The molecule has 0 amide bonds. The Labute approximate surface area is 126 Å². The summed E-state index contributed by atoms with van der Waals surface area (Å²) in [5.41, 5.74) is 0.559. The molecular formula is C14H22N4O2S. The summed E-state index contributed by atoms with van der Waals surface area (Å²) in [5, 5.41) is 3.50. The molecule has 1 unspecified atom stereocenters. The highest BCUT2D eigenvalue weighted by Gasteiger charge is 2.30. The zero-order valence-corrected chi connectivity index (χ0v) is 12.8. The van der Waals surface area contributed by atoms with Crippen molar-refractivity contribution in [3.63, 3.8) is 0 Å². The van der Waals surface area contributed by atoms with Gasteiger partial charge in [-0.3, -0.25) is 9.71 Å². The van der Waals surface area contributed by atoms with Crippen LogP contribution in [0.1, 0.15) is 25.7 Å². The molecule has 2 N–H and O–H groups in total. The van der Waals surface area contributed by atoms with Crippen molar-refractivity contribution < 1.29 is 8.42 Å². The zero-order valence-electron chi connectivity index (χ0n) is 12.0. The van der Waals surface area contributed by atoms with E-state index in [1.54, 1.807) is 28.8 Å². The van der Waals surface area contributed by atoms with Gasteiger partial charge in [-0.2, -0.15) is 12.7 Å². The summed E-state index contributed by atoms with van der Waals surface area (Å²) in [4.78, 5) is 3.89. The molecule has 2 fully saturated rings. The number of nitrogens with one attached hydrogen (secondary N) is 2. The average molecular weight is 310 g/mol. The third-order valence-electron chi connectivity index (χ3n) is 4.02. The van der Waals surface area contributed by atoms with Gasteiger partial charge in [-0.1, -0.05) is 0 Å². The number of hydrogen-bond donors (Lipinski definition) is 2. The minimum atomic E-state index is -3.46. The number of pyridine rings is 1. The maximum Gasteiger partial charge on any atom is 0.301 e. The first-order valence-electron chi connectivity index (χ1n) is 7.55. The van der Waals surface area contributed by atoms with Crippen LogP contribution in [-0.4, -0.2) is 43.4 Å². The van der Waals surface area contributed by atoms with Crippen molar-refractivity contribution in [3.8, 4) is 0 Å². The maximum absolute atomic E-state index is 12.4. The molecule has 0 radical (unpaired) electrons. The number of piperidine rings is 1. The summed E-state index contributed by atoms with van der Waals surface area (Å²) >= 11 is 0. The van der Waals surface area contributed by atoms with Gasteiger partial charge in [-0.25, -0.2) is 0 Å². The van der Waals surface area contributed by atoms with Crippen LogP contribution >= 0.6 is 0 Å². The Bertz CT molecular complexity index is 560. The fourth-order valence-electron chi connectivity index (χ4n) is 2.67. The SMILES string of the molecule is O=S(=O)(Nc1ccncc1)N1CCCC(CNC2CC2)C1. The second kappa shape index (κ2) is 6.29. The first kappa shape index (κ1) is 14.7. The topological polar surface area (TPSA) is 74.3 Å². The van der Waals surface area contributed by atoms with Crippen LogP contribution in [0.4, 0.5) is 5.69 Å². The van der Waals surface area contributed by atoms with E-state index >= 15 is 0 Å². The predicted octanol–water partition coefficient (Wildman–Crippen LogP) is 1.20. The Balaban J connectivity index is 1.58. The molecule has 0 spiro atoms. The second-order valence-corrected chi connectivity index (χ2v) is 7.56. The molecule has 1 atom stereocenters. The number of anilines is 1. The molecule has 0 bridgehead atoms. The molecule has 2 aliphatic rings. The zero-order chi connectivity index (χ0) is 14.7. The van der Waals surface area contributed by atoms with E-state index in [-0.39, 0.29) is 0 Å². The van der Waals surface area contributed by atoms with Crippen molar-refractivity contribution in [1.29, 1.82) is 0 Å². The third kappa shape index (κ3) is 4.15. The average Bonchev–Trinajstić information content (AvgIpc) is 3.30. The van der Waals surface area contributed by atoms with Crippen LogP contribution in [-0.2, 0) is 10.2 Å². The fraction of sp³-hybridized carbons (Fsp3) is 0.643. The lowest BCUT2D eigenvalue weighted by Gasteiger charge is -2.32. The monoisotopic (exact) mass is 310 g/mol. The van der Waals surface area contributed by atoms with E-state index in [2.05, 4.69) is 15.0 Å². The van der Waals surface area contributed by atoms with Crippen LogP contribution in [0, 0.1) is 5.92 Å². The van der Waals surface area contributed by atoms with Crippen LogP contribution < -0.4 is 10.0 Å². The van der Waals surface area contributed by atoms with E-state index < -0.39 is 10.2 Å². The highest BCUT2D eigenvalue weighted by atomic mass is 32.2. The Morgan fingerprint density at radius 2 is 2.00 bits per heavy atom. The van der Waals surface area contributed by atoms with Crippen LogP contribution in [0.25, 0.3) is 0 Å². The Hall–Kier alpha value is -1.18. The van der Waals surface area contributed by atoms with Gasteiger partial charge in [0, 0.05) is 31.5 Å². The molecule has 1 saturated carbocycles. The van der Waals surface area contributed by atoms with Crippen molar-refractivity contribution in [2.24, 2.45) is 5.92 Å². The summed E-state index contributed by atoms with van der Waals surface area (Å²) in [5.74, 6) is 0.411. The minimum absolute atomic E-state index is 0.411. The van der Waals surface area contributed by atoms with Gasteiger partial charge in [0.1, 0.15) is 0 Å². The lowest BCUT2D eigenvalue weighted by Crippen LogP contribution is -2.45. The molecule has 2 heterocycles. The van der Waals surface area contributed by atoms with Gasteiger partial charge < -0.3 is 5.32 Å². The van der Waals surface area contributed by atoms with E-state index in [0.717, 1.165) is 19.4 Å². The molecule has 116 valence electrons. The van der Waals surface area contributed by atoms with E-state index in [9.17, 15) is 8.42 Å². The Morgan fingerprint density at radius 1 is 1.24 bits per heavy atom. The summed E-state index contributed by atoms with van der Waals surface area (Å²) in [7, 11) is -3.46. The molecule has 0 aromatic carbocycles. The van der Waals surface area contributed by atoms with Gasteiger partial charge in [0.15, 0.2) is 0 Å². The number of nitrogens with zero attached hydrogens (tertiary/aromatic N) is 2. The van der Waals surface area contributed by atoms with Crippen molar-refractivity contribution in [3.05, 3.63) is 24.5 Å². The number of rotatable bonds is 6. The van der Waals surface area contributed by atoms with Gasteiger partial charge in [-0.05, 0) is 50.3 Å². The smallest absolute Gasteiger partial charge is 0.301 e. The molecule has 7 heteroatoms. The standard InChI is InChI=1S/C14H22N4O2S/c19-21(20,17-14-5-7-15-8-6-14)18-9-1-2-12(11-18)10-16-13-3-4-13/h5-8,12-13,16H,1-4,9-11H2,(H,15,17). The fourth-order valence-corrected chi connectivity index (χ4v) is 4.01. The van der Waals surface area contributed by atoms with Crippen molar-refractivity contribution >= 4 is 15.9 Å². The molecular weight excluding hydrogens is 288 g/mol. The van der Waals surface area contributed by atoms with Gasteiger partial charge >= 0.3 is 10.2 Å². The lowest BCUT2D eigenvalue weighted by atomic mass is 10.00. The molecule has 1 aliphatic heterocycles. The van der Waals surface area contributed by atoms with Crippen molar-refractivity contribution in [1.82, 2.24) is 14.6 Å². The number of hydrogen-bond acceptors (Lipinski definition) is 4. The van der Waals surface area contributed by atoms with E-state index in [1.807, 2.05) is 0 Å². The Kier molecular flexibility index (Phi) is 4.42. The number of aromatic nitrogens is 1. The summed E-state index contributed by atoms with van der Waals surface area (Å²) in [6.07, 6.45) is 7.71. The second-order valence-electron chi connectivity index (χ2n) is 5.89. The third-order valence-corrected chi connectivity index (χ3v) is 5.53. The van der Waals surface area contributed by atoms with Crippen LogP contribution in [0.3, 0.4) is 0 Å². The summed E-state index contributed by atoms with van der Waals surface area (Å²) in [6.45, 7) is 2.12. The first-order valence-corrected chi connectivity index (χ1v) is 8.99. The first-order chi connectivity index (χ1) is 10.1. The van der Waals surface area contributed by atoms with E-state index in [1.165, 1.54) is 12.8 Å². The van der Waals surface area contributed by atoms with Crippen molar-refractivity contribution in [2.45, 2.75) is 31.7 Å². The molecule has 3 rings (SSSR count). The highest BCUT2D eigenvalue weighted by Crippen LogP contribution is 2.23. The van der Waals surface area contributed by atoms with Gasteiger partial charge in [0.25, 0.3) is 0 Å². The summed E-state index contributed by atoms with van der Waals surface area (Å²) < 4.78 is 29.0. The molecule has 1 aliphatic carbocycles. The van der Waals surface area contributed by atoms with Crippen LogP contribution in [0.15, 0.2) is 24.5 Å². The minimum Gasteiger partial charge on any atom is -0.314 e. The summed E-state index contributed by atoms with van der Waals surface area (Å²) in [6, 6.07) is 3.99. The van der Waals surface area contributed by atoms with Gasteiger partial charge in [0.05, 0.1) is 5.69 Å². The normalized spacial score (nSPS) is 23.9. The van der Waals surface area contributed by atoms with Gasteiger partial charge in [-0.15, -0.1) is 0 Å². The van der Waals surface area contributed by atoms with E-state index in [0.29, 0.717) is 30.7 Å². The lowest BCUT2D eigenvalue weighted by molar-refractivity contribution is 0.261. The molecule has 21 heavy (non-hydrogen) atoms. The predicted molar refractivity (Wildman–Crippen MR) is 82.1 cm³/mol. The van der Waals surface area contributed by atoms with Crippen molar-refractivity contribution in [2.75, 3.05) is 24.4 Å². The largest absolute Gasteiger partial charge is 0.314 e. The van der Waals surface area contributed by atoms with E-state index in [4.69, 9.17) is 0 Å². The quantitative estimate of drug-likeness (QED) is 0.828. The van der Waals surface area contributed by atoms with Crippen LogP contribution in [0.2, 0.25) is 0 Å². The van der Waals surface area contributed by atoms with Gasteiger partial charge in [0.2, 0.25) is 0 Å². The highest BCUT2D eigenvalue weighted by molar-refractivity contribution is 7.90. The Morgan fingerprint density at radius 3 is 2.71 bits per heavy atom. The molecule has 6 nitrogen and oxygen atoms in total. The molecule has 1 aromatic heterocycles. The molecule has 1 aromatic rings.